The van der Waals surface area contributed by atoms with Crippen LogP contribution in [0.5, 0.6) is 5.75 Å². The molecule has 8 heteroatoms. The molecule has 0 spiro atoms. The summed E-state index contributed by atoms with van der Waals surface area (Å²) in [4.78, 5) is 39.9. The molecule has 0 saturated heterocycles. The van der Waals surface area contributed by atoms with Crippen LogP contribution in [0, 0.1) is 11.2 Å². The van der Waals surface area contributed by atoms with E-state index in [4.69, 9.17) is 4.74 Å². The van der Waals surface area contributed by atoms with Gasteiger partial charge in [0, 0.05) is 40.9 Å². The Morgan fingerprint density at radius 1 is 0.886 bits per heavy atom. The van der Waals surface area contributed by atoms with Crippen molar-refractivity contribution in [3.05, 3.63) is 126 Å². The van der Waals surface area contributed by atoms with Crippen LogP contribution in [0.25, 0.3) is 0 Å². The second kappa shape index (κ2) is 14.5. The van der Waals surface area contributed by atoms with Crippen LogP contribution in [0.2, 0.25) is 0 Å². The number of aliphatic carboxylic acids is 1. The van der Waals surface area contributed by atoms with E-state index in [2.05, 4.69) is 5.32 Å². The highest BCUT2D eigenvalue weighted by Crippen LogP contribution is 2.25. The van der Waals surface area contributed by atoms with E-state index in [1.54, 1.807) is 89.8 Å². The zero-order valence-corrected chi connectivity index (χ0v) is 25.1. The minimum absolute atomic E-state index is 0.110. The quantitative estimate of drug-likeness (QED) is 0.127. The number of rotatable bonds is 13. The molecule has 0 fully saturated rings. The topological polar surface area (TPSA) is 95.9 Å². The molecule has 0 aliphatic heterocycles. The number of carbonyl (C=O) groups excluding carboxylic acids is 2. The number of amides is 1. The van der Waals surface area contributed by atoms with Crippen molar-refractivity contribution < 1.29 is 28.6 Å². The van der Waals surface area contributed by atoms with Crippen LogP contribution in [0.15, 0.2) is 103 Å². The molecule has 228 valence electrons. The van der Waals surface area contributed by atoms with E-state index in [1.807, 2.05) is 26.8 Å². The lowest BCUT2D eigenvalue weighted by atomic mass is 9.94. The summed E-state index contributed by atoms with van der Waals surface area (Å²) >= 11 is 0. The van der Waals surface area contributed by atoms with Crippen molar-refractivity contribution in [3.8, 4) is 5.75 Å². The third-order valence-corrected chi connectivity index (χ3v) is 7.00. The van der Waals surface area contributed by atoms with Gasteiger partial charge >= 0.3 is 5.97 Å². The predicted octanol–water partition coefficient (Wildman–Crippen LogP) is 7.01. The zero-order valence-electron chi connectivity index (χ0n) is 25.1. The maximum absolute atomic E-state index is 13.9. The van der Waals surface area contributed by atoms with Gasteiger partial charge in [-0.3, -0.25) is 9.59 Å². The highest BCUT2D eigenvalue weighted by molar-refractivity contribution is 6.12. The standard InChI is InChI=1S/C36H37FN2O5/c1-36(2,3)35(43)39(28-14-9-13-27(37)24-28)21-10-22-44-29-19-17-25(18-20-29)23-32(34(41)42)38-31-16-8-7-15-30(31)33(40)26-11-5-4-6-12-26/h4-9,11-20,24,32,38H,10,21-23H2,1-3H3,(H,41,42)/t32-/m0/s1. The number of carbonyl (C=O) groups is 3. The van der Waals surface area contributed by atoms with E-state index in [0.717, 1.165) is 5.56 Å². The van der Waals surface area contributed by atoms with Crippen molar-refractivity contribution in [1.82, 2.24) is 0 Å². The Labute approximate surface area is 257 Å². The summed E-state index contributed by atoms with van der Waals surface area (Å²) in [5.41, 5.74) is 2.01. The molecule has 0 unspecified atom stereocenters. The van der Waals surface area contributed by atoms with Gasteiger partial charge in [0.2, 0.25) is 5.91 Å². The van der Waals surface area contributed by atoms with Crippen molar-refractivity contribution in [2.75, 3.05) is 23.4 Å². The summed E-state index contributed by atoms with van der Waals surface area (Å²) in [7, 11) is 0. The average molecular weight is 597 g/mol. The number of ketones is 1. The summed E-state index contributed by atoms with van der Waals surface area (Å²) in [6.45, 7) is 6.17. The number of hydrogen-bond donors (Lipinski definition) is 2. The molecule has 4 aromatic carbocycles. The Morgan fingerprint density at radius 2 is 1.57 bits per heavy atom. The molecule has 0 bridgehead atoms. The first-order chi connectivity index (χ1) is 21.0. The van der Waals surface area contributed by atoms with Crippen molar-refractivity contribution in [1.29, 1.82) is 0 Å². The van der Waals surface area contributed by atoms with Crippen LogP contribution in [0.1, 0.15) is 48.7 Å². The molecule has 44 heavy (non-hydrogen) atoms. The zero-order chi connectivity index (χ0) is 31.7. The van der Waals surface area contributed by atoms with E-state index in [-0.39, 0.29) is 18.1 Å². The average Bonchev–Trinajstić information content (AvgIpc) is 3.01. The highest BCUT2D eigenvalue weighted by Gasteiger charge is 2.28. The predicted molar refractivity (Wildman–Crippen MR) is 170 cm³/mol. The Bertz CT molecular complexity index is 1580. The number of carboxylic acid groups (broad SMARTS) is 1. The van der Waals surface area contributed by atoms with E-state index in [1.165, 1.54) is 12.1 Å². The van der Waals surface area contributed by atoms with Crippen molar-refractivity contribution in [2.24, 2.45) is 5.41 Å². The van der Waals surface area contributed by atoms with E-state index in [9.17, 15) is 23.9 Å². The smallest absolute Gasteiger partial charge is 0.326 e. The fourth-order valence-corrected chi connectivity index (χ4v) is 4.71. The summed E-state index contributed by atoms with van der Waals surface area (Å²) in [5.74, 6) is -1.15. The fourth-order valence-electron chi connectivity index (χ4n) is 4.71. The number of anilines is 2. The van der Waals surface area contributed by atoms with Gasteiger partial charge < -0.3 is 20.1 Å². The summed E-state index contributed by atoms with van der Waals surface area (Å²) in [6, 6.07) is 27.9. The van der Waals surface area contributed by atoms with Gasteiger partial charge in [0.25, 0.3) is 0 Å². The van der Waals surface area contributed by atoms with Gasteiger partial charge in [-0.15, -0.1) is 0 Å². The number of carboxylic acids is 1. The first-order valence-electron chi connectivity index (χ1n) is 14.5. The van der Waals surface area contributed by atoms with Gasteiger partial charge in [-0.25, -0.2) is 9.18 Å². The van der Waals surface area contributed by atoms with Crippen LogP contribution in [0.4, 0.5) is 15.8 Å². The SMILES string of the molecule is CC(C)(C)C(=O)N(CCCOc1ccc(C[C@H](Nc2ccccc2C(=O)c2ccccc2)C(=O)O)cc1)c1cccc(F)c1. The Balaban J connectivity index is 1.36. The fraction of sp³-hybridized carbons (Fsp3) is 0.250. The van der Waals surface area contributed by atoms with Crippen LogP contribution in [-0.4, -0.2) is 42.0 Å². The number of nitrogens with one attached hydrogen (secondary N) is 1. The molecule has 0 radical (unpaired) electrons. The van der Waals surface area contributed by atoms with Crippen LogP contribution in [-0.2, 0) is 16.0 Å². The molecule has 0 saturated carbocycles. The Hall–Kier alpha value is -4.98. The third kappa shape index (κ3) is 8.53. The van der Waals surface area contributed by atoms with Crippen molar-refractivity contribution >= 4 is 29.0 Å². The number of benzene rings is 4. The van der Waals surface area contributed by atoms with Crippen LogP contribution < -0.4 is 15.0 Å². The number of halogens is 1. The molecular formula is C36H37FN2O5. The number of ether oxygens (including phenoxy) is 1. The van der Waals surface area contributed by atoms with E-state index >= 15 is 0 Å². The largest absolute Gasteiger partial charge is 0.494 e. The molecular weight excluding hydrogens is 559 g/mol. The Kier molecular flexibility index (Phi) is 10.5. The maximum Gasteiger partial charge on any atom is 0.326 e. The van der Waals surface area contributed by atoms with E-state index < -0.39 is 23.2 Å². The molecule has 1 amide bonds. The van der Waals surface area contributed by atoms with Gasteiger partial charge in [-0.05, 0) is 54.4 Å². The number of para-hydroxylation sites is 1. The monoisotopic (exact) mass is 596 g/mol. The molecule has 4 rings (SSSR count). The third-order valence-electron chi connectivity index (χ3n) is 7.00. The molecule has 0 aliphatic rings. The first kappa shape index (κ1) is 31.9. The maximum atomic E-state index is 13.9. The molecule has 1 atom stereocenters. The van der Waals surface area contributed by atoms with Gasteiger partial charge in [-0.2, -0.15) is 0 Å². The van der Waals surface area contributed by atoms with Crippen molar-refractivity contribution in [2.45, 2.75) is 39.7 Å². The minimum atomic E-state index is -1.04. The first-order valence-corrected chi connectivity index (χ1v) is 14.5. The second-order valence-electron chi connectivity index (χ2n) is 11.5. The molecule has 4 aromatic rings. The molecule has 7 nitrogen and oxygen atoms in total. The minimum Gasteiger partial charge on any atom is -0.494 e. The summed E-state index contributed by atoms with van der Waals surface area (Å²) in [6.07, 6.45) is 0.702. The highest BCUT2D eigenvalue weighted by atomic mass is 19.1. The molecule has 0 aliphatic carbocycles. The Morgan fingerprint density at radius 3 is 2.23 bits per heavy atom. The van der Waals surface area contributed by atoms with Crippen LogP contribution in [0.3, 0.4) is 0 Å². The number of nitrogens with zero attached hydrogens (tertiary/aromatic N) is 1. The molecule has 0 aromatic heterocycles. The van der Waals surface area contributed by atoms with Gasteiger partial charge in [0.15, 0.2) is 5.78 Å². The van der Waals surface area contributed by atoms with Gasteiger partial charge in [0.1, 0.15) is 17.6 Å². The summed E-state index contributed by atoms with van der Waals surface area (Å²) in [5, 5.41) is 13.0. The lowest BCUT2D eigenvalue weighted by Gasteiger charge is -2.29. The molecule has 0 heterocycles. The molecule has 2 N–H and O–H groups in total. The number of hydrogen-bond acceptors (Lipinski definition) is 5. The van der Waals surface area contributed by atoms with E-state index in [0.29, 0.717) is 47.8 Å². The summed E-state index contributed by atoms with van der Waals surface area (Å²) < 4.78 is 19.8. The normalized spacial score (nSPS) is 11.8. The van der Waals surface area contributed by atoms with Gasteiger partial charge in [0.05, 0.1) is 6.61 Å². The van der Waals surface area contributed by atoms with Crippen LogP contribution >= 0.6 is 0 Å². The second-order valence-corrected chi connectivity index (χ2v) is 11.5. The lowest BCUT2D eigenvalue weighted by molar-refractivity contribution is -0.137. The van der Waals surface area contributed by atoms with Crippen molar-refractivity contribution in [3.63, 3.8) is 0 Å². The lowest BCUT2D eigenvalue weighted by Crippen LogP contribution is -2.40. The van der Waals surface area contributed by atoms with Gasteiger partial charge in [-0.1, -0.05) is 81.4 Å².